The summed E-state index contributed by atoms with van der Waals surface area (Å²) in [5, 5.41) is 14.4. The molecule has 2 unspecified atom stereocenters. The van der Waals surface area contributed by atoms with Gasteiger partial charge in [0.1, 0.15) is 0 Å². The molecule has 3 rings (SSSR count). The molecule has 0 aliphatic heterocycles. The van der Waals surface area contributed by atoms with E-state index in [9.17, 15) is 9.90 Å². The molecule has 0 aliphatic carbocycles. The number of aromatic nitrogens is 1. The van der Waals surface area contributed by atoms with Crippen LogP contribution in [0.3, 0.4) is 0 Å². The molecule has 25 heavy (non-hydrogen) atoms. The van der Waals surface area contributed by atoms with Crippen LogP contribution >= 0.6 is 0 Å². The van der Waals surface area contributed by atoms with Gasteiger partial charge in [-0.25, -0.2) is 0 Å². The van der Waals surface area contributed by atoms with Crippen molar-refractivity contribution in [3.05, 3.63) is 71.9 Å². The SMILES string of the molecule is CC(CC(O)c1ccccc1)NC(=O)CCc1c[nH]c2ccccc12. The van der Waals surface area contributed by atoms with E-state index in [1.807, 2.05) is 61.7 Å². The zero-order valence-electron chi connectivity index (χ0n) is 14.4. The maximum atomic E-state index is 12.2. The van der Waals surface area contributed by atoms with Crippen LogP contribution in [-0.2, 0) is 11.2 Å². The molecule has 0 fully saturated rings. The molecule has 0 aliphatic rings. The van der Waals surface area contributed by atoms with Crippen molar-refractivity contribution in [2.24, 2.45) is 0 Å². The minimum atomic E-state index is -0.565. The molecule has 3 N–H and O–H groups in total. The summed E-state index contributed by atoms with van der Waals surface area (Å²) in [4.78, 5) is 15.4. The fourth-order valence-corrected chi connectivity index (χ4v) is 3.14. The van der Waals surface area contributed by atoms with Gasteiger partial charge in [0.2, 0.25) is 5.91 Å². The molecule has 1 aromatic heterocycles. The van der Waals surface area contributed by atoms with E-state index >= 15 is 0 Å². The summed E-state index contributed by atoms with van der Waals surface area (Å²) in [6, 6.07) is 17.6. The number of hydrogen-bond acceptors (Lipinski definition) is 2. The number of amides is 1. The molecule has 4 nitrogen and oxygen atoms in total. The van der Waals surface area contributed by atoms with Crippen LogP contribution < -0.4 is 5.32 Å². The predicted octanol–water partition coefficient (Wildman–Crippen LogP) is 3.73. The van der Waals surface area contributed by atoms with Gasteiger partial charge in [-0.05, 0) is 37.0 Å². The van der Waals surface area contributed by atoms with Gasteiger partial charge in [-0.2, -0.15) is 0 Å². The molecule has 130 valence electrons. The Kier molecular flexibility index (Phi) is 5.51. The lowest BCUT2D eigenvalue weighted by Gasteiger charge is -2.18. The van der Waals surface area contributed by atoms with Gasteiger partial charge in [-0.15, -0.1) is 0 Å². The highest BCUT2D eigenvalue weighted by Crippen LogP contribution is 2.20. The summed E-state index contributed by atoms with van der Waals surface area (Å²) in [6.07, 6.45) is 3.05. The fourth-order valence-electron chi connectivity index (χ4n) is 3.14. The Hall–Kier alpha value is -2.59. The van der Waals surface area contributed by atoms with Crippen LogP contribution in [0.1, 0.15) is 37.0 Å². The molecule has 3 aromatic rings. The normalized spacial score (nSPS) is 13.5. The van der Waals surface area contributed by atoms with E-state index in [2.05, 4.69) is 16.4 Å². The lowest BCUT2D eigenvalue weighted by molar-refractivity contribution is -0.121. The van der Waals surface area contributed by atoms with E-state index in [0.29, 0.717) is 19.3 Å². The molecular formula is C21H24N2O2. The molecular weight excluding hydrogens is 312 g/mol. The summed E-state index contributed by atoms with van der Waals surface area (Å²) < 4.78 is 0. The molecule has 0 bridgehead atoms. The quantitative estimate of drug-likeness (QED) is 0.615. The Labute approximate surface area is 147 Å². The average Bonchev–Trinajstić information content (AvgIpc) is 3.04. The van der Waals surface area contributed by atoms with Gasteiger partial charge >= 0.3 is 0 Å². The fraction of sp³-hybridized carbons (Fsp3) is 0.286. The van der Waals surface area contributed by atoms with Crippen molar-refractivity contribution in [1.82, 2.24) is 10.3 Å². The Bertz CT molecular complexity index is 826. The minimum absolute atomic E-state index is 0.0121. The van der Waals surface area contributed by atoms with E-state index in [1.165, 1.54) is 5.39 Å². The largest absolute Gasteiger partial charge is 0.388 e. The highest BCUT2D eigenvalue weighted by Gasteiger charge is 2.14. The highest BCUT2D eigenvalue weighted by molar-refractivity contribution is 5.84. The summed E-state index contributed by atoms with van der Waals surface area (Å²) in [5.74, 6) is 0.0121. The number of aromatic amines is 1. The lowest BCUT2D eigenvalue weighted by Crippen LogP contribution is -2.33. The van der Waals surface area contributed by atoms with Gasteiger partial charge in [0.25, 0.3) is 0 Å². The number of carbonyl (C=O) groups is 1. The van der Waals surface area contributed by atoms with E-state index < -0.39 is 6.10 Å². The number of carbonyl (C=O) groups excluding carboxylic acids is 1. The first-order chi connectivity index (χ1) is 12.1. The van der Waals surface area contributed by atoms with Crippen molar-refractivity contribution in [3.63, 3.8) is 0 Å². The second-order valence-electron chi connectivity index (χ2n) is 6.49. The van der Waals surface area contributed by atoms with E-state index in [1.54, 1.807) is 0 Å². The number of rotatable bonds is 7. The number of fused-ring (bicyclic) bond motifs is 1. The van der Waals surface area contributed by atoms with Crippen LogP contribution in [0.4, 0.5) is 0 Å². The monoisotopic (exact) mass is 336 g/mol. The second-order valence-corrected chi connectivity index (χ2v) is 6.49. The second kappa shape index (κ2) is 7.99. The summed E-state index contributed by atoms with van der Waals surface area (Å²) in [5.41, 5.74) is 3.13. The van der Waals surface area contributed by atoms with Crippen LogP contribution in [0.25, 0.3) is 10.9 Å². The molecule has 2 aromatic carbocycles. The van der Waals surface area contributed by atoms with E-state index in [4.69, 9.17) is 0 Å². The molecule has 1 heterocycles. The van der Waals surface area contributed by atoms with Crippen molar-refractivity contribution in [1.29, 1.82) is 0 Å². The first-order valence-electron chi connectivity index (χ1n) is 8.71. The Morgan fingerprint density at radius 1 is 1.12 bits per heavy atom. The van der Waals surface area contributed by atoms with Gasteiger partial charge in [0, 0.05) is 29.6 Å². The third-order valence-electron chi connectivity index (χ3n) is 4.46. The third kappa shape index (κ3) is 4.48. The lowest BCUT2D eigenvalue weighted by atomic mass is 10.0. The smallest absolute Gasteiger partial charge is 0.220 e. The standard InChI is InChI=1S/C21H24N2O2/c1-15(13-20(24)16-7-3-2-4-8-16)23-21(25)12-11-17-14-22-19-10-6-5-9-18(17)19/h2-10,14-15,20,22,24H,11-13H2,1H3,(H,23,25). The molecule has 0 saturated heterocycles. The molecule has 2 atom stereocenters. The van der Waals surface area contributed by atoms with Gasteiger partial charge < -0.3 is 15.4 Å². The number of para-hydroxylation sites is 1. The van der Waals surface area contributed by atoms with E-state index in [0.717, 1.165) is 16.6 Å². The zero-order valence-corrected chi connectivity index (χ0v) is 14.4. The van der Waals surface area contributed by atoms with Crippen molar-refractivity contribution < 1.29 is 9.90 Å². The topological polar surface area (TPSA) is 65.1 Å². The maximum Gasteiger partial charge on any atom is 0.220 e. The summed E-state index contributed by atoms with van der Waals surface area (Å²) >= 11 is 0. The van der Waals surface area contributed by atoms with Crippen molar-refractivity contribution in [2.75, 3.05) is 0 Å². The average molecular weight is 336 g/mol. The minimum Gasteiger partial charge on any atom is -0.388 e. The first kappa shape index (κ1) is 17.2. The molecule has 0 saturated carbocycles. The number of hydrogen-bond donors (Lipinski definition) is 3. The molecule has 0 spiro atoms. The van der Waals surface area contributed by atoms with Gasteiger partial charge in [-0.1, -0.05) is 48.5 Å². The van der Waals surface area contributed by atoms with Crippen LogP contribution in [0, 0.1) is 0 Å². The molecule has 0 radical (unpaired) electrons. The number of benzene rings is 2. The third-order valence-corrected chi connectivity index (χ3v) is 4.46. The van der Waals surface area contributed by atoms with Gasteiger partial charge in [0.05, 0.1) is 6.10 Å². The first-order valence-corrected chi connectivity index (χ1v) is 8.71. The van der Waals surface area contributed by atoms with Crippen molar-refractivity contribution in [2.45, 2.75) is 38.3 Å². The van der Waals surface area contributed by atoms with Gasteiger partial charge in [0.15, 0.2) is 0 Å². The predicted molar refractivity (Wildman–Crippen MR) is 100 cm³/mol. The van der Waals surface area contributed by atoms with Crippen LogP contribution in [-0.4, -0.2) is 22.0 Å². The van der Waals surface area contributed by atoms with Crippen LogP contribution in [0.15, 0.2) is 60.8 Å². The Balaban J connectivity index is 1.49. The number of aryl methyl sites for hydroxylation is 1. The van der Waals surface area contributed by atoms with Crippen molar-refractivity contribution in [3.8, 4) is 0 Å². The van der Waals surface area contributed by atoms with Crippen LogP contribution in [0.2, 0.25) is 0 Å². The summed E-state index contributed by atoms with van der Waals surface area (Å²) in [7, 11) is 0. The molecule has 1 amide bonds. The maximum absolute atomic E-state index is 12.2. The Morgan fingerprint density at radius 2 is 1.84 bits per heavy atom. The molecule has 4 heteroatoms. The number of H-pyrrole nitrogens is 1. The zero-order chi connectivity index (χ0) is 17.6. The van der Waals surface area contributed by atoms with Gasteiger partial charge in [-0.3, -0.25) is 4.79 Å². The number of nitrogens with one attached hydrogen (secondary N) is 2. The summed E-state index contributed by atoms with van der Waals surface area (Å²) in [6.45, 7) is 1.93. The van der Waals surface area contributed by atoms with Crippen LogP contribution in [0.5, 0.6) is 0 Å². The number of aliphatic hydroxyl groups is 1. The number of aliphatic hydroxyl groups excluding tert-OH is 1. The Morgan fingerprint density at radius 3 is 2.64 bits per heavy atom. The van der Waals surface area contributed by atoms with E-state index in [-0.39, 0.29) is 11.9 Å². The highest BCUT2D eigenvalue weighted by atomic mass is 16.3. The van der Waals surface area contributed by atoms with Crippen molar-refractivity contribution >= 4 is 16.8 Å².